The molecule has 4 fully saturated rings. The first-order chi connectivity index (χ1) is 14.8. The Kier molecular flexibility index (Phi) is 5.16. The first-order valence-corrected chi connectivity index (χ1v) is 13.4. The molecule has 0 amide bonds. The summed E-state index contributed by atoms with van der Waals surface area (Å²) in [5.41, 5.74) is 0. The fraction of sp³-hybridized carbons (Fsp3) is 0.519. The molecule has 2 aromatic carbocycles. The van der Waals surface area contributed by atoms with Crippen molar-refractivity contribution in [3.05, 3.63) is 60.7 Å². The van der Waals surface area contributed by atoms with Crippen molar-refractivity contribution >= 4 is 24.4 Å². The number of rotatable bonds is 6. The molecule has 1 atom stereocenters. The minimum atomic E-state index is -0.330. The van der Waals surface area contributed by atoms with Crippen LogP contribution in [0, 0.1) is 29.6 Å². The maximum atomic E-state index is 6.29. The fourth-order valence-corrected chi connectivity index (χ4v) is 9.43. The Balaban J connectivity index is 1.16. The van der Waals surface area contributed by atoms with Gasteiger partial charge in [-0.05, 0) is 86.9 Å². The maximum Gasteiger partial charge on any atom is 0.187 e. The minimum Gasteiger partial charge on any atom is -0.478 e. The number of ether oxygens (including phenoxy) is 1. The molecule has 0 aromatic heterocycles. The van der Waals surface area contributed by atoms with E-state index in [0.29, 0.717) is 12.0 Å². The van der Waals surface area contributed by atoms with Crippen LogP contribution in [0.15, 0.2) is 65.7 Å². The smallest absolute Gasteiger partial charge is 0.187 e. The summed E-state index contributed by atoms with van der Waals surface area (Å²) >= 11 is 0. The first-order valence-electron chi connectivity index (χ1n) is 11.9. The summed E-state index contributed by atoms with van der Waals surface area (Å²) in [5, 5.41) is 2.95. The standard InChI is InChI=1S/C27H32NOP/c1-3-7-24(8-4-1)30(25-9-5-2-6-10-25)12-11-23-18-29-27(28-23)26-21-14-19-13-20(16-21)17-22(26)15-19/h1-10,19-23,26H,11-18H2/t19?,20?,21?,22?,23-,26?/m0/s1. The van der Waals surface area contributed by atoms with E-state index in [-0.39, 0.29) is 7.92 Å². The second-order valence-corrected chi connectivity index (χ2v) is 12.3. The molecule has 4 aliphatic carbocycles. The van der Waals surface area contributed by atoms with Gasteiger partial charge in [-0.1, -0.05) is 60.7 Å². The van der Waals surface area contributed by atoms with Gasteiger partial charge in [-0.15, -0.1) is 0 Å². The van der Waals surface area contributed by atoms with Crippen LogP contribution in [0.25, 0.3) is 0 Å². The summed E-state index contributed by atoms with van der Waals surface area (Å²) in [6.07, 6.45) is 9.60. The summed E-state index contributed by atoms with van der Waals surface area (Å²) in [6.45, 7) is 0.810. The second-order valence-electron chi connectivity index (χ2n) is 10.0. The first kappa shape index (κ1) is 19.1. The van der Waals surface area contributed by atoms with E-state index in [1.165, 1.54) is 48.9 Å². The van der Waals surface area contributed by atoms with Crippen molar-refractivity contribution in [2.45, 2.75) is 44.6 Å². The molecule has 0 spiro atoms. The van der Waals surface area contributed by atoms with Gasteiger partial charge in [0.05, 0.1) is 6.04 Å². The van der Waals surface area contributed by atoms with Gasteiger partial charge >= 0.3 is 0 Å². The zero-order valence-electron chi connectivity index (χ0n) is 17.7. The van der Waals surface area contributed by atoms with E-state index in [0.717, 1.165) is 42.6 Å². The van der Waals surface area contributed by atoms with Crippen molar-refractivity contribution in [1.82, 2.24) is 0 Å². The molecule has 2 nitrogen and oxygen atoms in total. The number of hydrogen-bond donors (Lipinski definition) is 0. The fourth-order valence-electron chi connectivity index (χ4n) is 7.00. The third-order valence-corrected chi connectivity index (χ3v) is 10.6. The molecule has 1 heterocycles. The zero-order valence-corrected chi connectivity index (χ0v) is 18.6. The lowest BCUT2D eigenvalue weighted by Crippen LogP contribution is -2.48. The monoisotopic (exact) mass is 417 g/mol. The van der Waals surface area contributed by atoms with Gasteiger partial charge in [0.15, 0.2) is 5.90 Å². The molecule has 0 radical (unpaired) electrons. The van der Waals surface area contributed by atoms with E-state index in [1.54, 1.807) is 0 Å². The van der Waals surface area contributed by atoms with Crippen LogP contribution in [-0.2, 0) is 4.74 Å². The van der Waals surface area contributed by atoms with E-state index >= 15 is 0 Å². The number of nitrogens with zero attached hydrogens (tertiary/aromatic N) is 1. The molecule has 2 aromatic rings. The van der Waals surface area contributed by atoms with Crippen molar-refractivity contribution in [3.8, 4) is 0 Å². The summed E-state index contributed by atoms with van der Waals surface area (Å²) in [6, 6.07) is 22.5. The Morgan fingerprint density at radius 2 is 1.33 bits per heavy atom. The van der Waals surface area contributed by atoms with Crippen LogP contribution >= 0.6 is 7.92 Å². The number of aliphatic imine (C=N–C) groups is 1. The summed E-state index contributed by atoms with van der Waals surface area (Å²) in [7, 11) is -0.330. The molecule has 4 saturated carbocycles. The predicted molar refractivity (Wildman–Crippen MR) is 126 cm³/mol. The van der Waals surface area contributed by atoms with Crippen LogP contribution in [0.3, 0.4) is 0 Å². The molecule has 7 rings (SSSR count). The molecule has 4 bridgehead atoms. The molecular formula is C27H32NOP. The molecule has 156 valence electrons. The third kappa shape index (κ3) is 3.62. The van der Waals surface area contributed by atoms with Crippen LogP contribution in [0.2, 0.25) is 0 Å². The van der Waals surface area contributed by atoms with Crippen molar-refractivity contribution in [1.29, 1.82) is 0 Å². The minimum absolute atomic E-state index is 0.330. The van der Waals surface area contributed by atoms with Crippen molar-refractivity contribution in [3.63, 3.8) is 0 Å². The Morgan fingerprint density at radius 3 is 1.90 bits per heavy atom. The maximum absolute atomic E-state index is 6.29. The van der Waals surface area contributed by atoms with Gasteiger partial charge in [0.25, 0.3) is 0 Å². The van der Waals surface area contributed by atoms with E-state index in [9.17, 15) is 0 Å². The van der Waals surface area contributed by atoms with Crippen LogP contribution < -0.4 is 10.6 Å². The topological polar surface area (TPSA) is 21.6 Å². The van der Waals surface area contributed by atoms with Gasteiger partial charge in [0.2, 0.25) is 0 Å². The van der Waals surface area contributed by atoms with Gasteiger partial charge < -0.3 is 4.74 Å². The van der Waals surface area contributed by atoms with Gasteiger partial charge in [-0.25, -0.2) is 4.99 Å². The molecule has 3 heteroatoms. The normalized spacial score (nSPS) is 34.2. The van der Waals surface area contributed by atoms with Gasteiger partial charge in [-0.2, -0.15) is 0 Å². The molecule has 30 heavy (non-hydrogen) atoms. The lowest BCUT2D eigenvalue weighted by atomic mass is 9.52. The zero-order chi connectivity index (χ0) is 19.9. The van der Waals surface area contributed by atoms with E-state index in [4.69, 9.17) is 9.73 Å². The third-order valence-electron chi connectivity index (χ3n) is 8.07. The largest absolute Gasteiger partial charge is 0.478 e. The van der Waals surface area contributed by atoms with E-state index < -0.39 is 0 Å². The van der Waals surface area contributed by atoms with Crippen LogP contribution in [-0.4, -0.2) is 24.7 Å². The van der Waals surface area contributed by atoms with Crippen LogP contribution in [0.1, 0.15) is 38.5 Å². The Hall–Kier alpha value is -1.66. The summed E-state index contributed by atoms with van der Waals surface area (Å²) < 4.78 is 6.29. The Bertz CT molecular complexity index is 828. The quantitative estimate of drug-likeness (QED) is 0.579. The highest BCUT2D eigenvalue weighted by molar-refractivity contribution is 7.73. The molecule has 0 saturated heterocycles. The highest BCUT2D eigenvalue weighted by atomic mass is 31.1. The molecule has 0 N–H and O–H groups in total. The summed E-state index contributed by atoms with van der Waals surface area (Å²) in [5.74, 6) is 5.56. The van der Waals surface area contributed by atoms with Crippen molar-refractivity contribution < 1.29 is 4.74 Å². The number of benzene rings is 2. The highest BCUT2D eigenvalue weighted by Gasteiger charge is 2.51. The lowest BCUT2D eigenvalue weighted by molar-refractivity contribution is -0.0154. The lowest BCUT2D eigenvalue weighted by Gasteiger charge is -2.53. The Morgan fingerprint density at radius 1 is 0.767 bits per heavy atom. The van der Waals surface area contributed by atoms with Crippen molar-refractivity contribution in [2.24, 2.45) is 34.6 Å². The van der Waals surface area contributed by atoms with Gasteiger partial charge in [0.1, 0.15) is 6.61 Å². The van der Waals surface area contributed by atoms with Crippen LogP contribution in [0.5, 0.6) is 0 Å². The highest BCUT2D eigenvalue weighted by Crippen LogP contribution is 2.57. The second kappa shape index (κ2) is 8.12. The summed E-state index contributed by atoms with van der Waals surface area (Å²) in [4.78, 5) is 5.20. The molecule has 0 unspecified atom stereocenters. The number of hydrogen-bond acceptors (Lipinski definition) is 2. The molecular weight excluding hydrogens is 385 g/mol. The molecule has 5 aliphatic rings. The Labute approximate surface area is 181 Å². The van der Waals surface area contributed by atoms with Crippen molar-refractivity contribution in [2.75, 3.05) is 12.8 Å². The SMILES string of the molecule is c1ccc(P(CC[C@H]2COC(C3C4CC5CC(C4)CC3C5)=N2)c2ccccc2)cc1. The van der Waals surface area contributed by atoms with E-state index in [1.807, 2.05) is 0 Å². The van der Waals surface area contributed by atoms with Gasteiger partial charge in [0, 0.05) is 5.92 Å². The average molecular weight is 418 g/mol. The van der Waals surface area contributed by atoms with Gasteiger partial charge in [-0.3, -0.25) is 0 Å². The average Bonchev–Trinajstić information content (AvgIpc) is 3.23. The van der Waals surface area contributed by atoms with E-state index in [2.05, 4.69) is 60.7 Å². The molecule has 1 aliphatic heterocycles. The predicted octanol–water partition coefficient (Wildman–Crippen LogP) is 5.38. The van der Waals surface area contributed by atoms with Crippen LogP contribution in [0.4, 0.5) is 0 Å².